The van der Waals surface area contributed by atoms with Crippen molar-refractivity contribution in [3.8, 4) is 5.75 Å². The molecule has 0 aliphatic carbocycles. The Balaban J connectivity index is 2.02. The average molecular weight is 295 g/mol. The molecule has 4 heteroatoms. The molecule has 0 bridgehead atoms. The van der Waals surface area contributed by atoms with Crippen molar-refractivity contribution in [3.63, 3.8) is 0 Å². The quantitative estimate of drug-likeness (QED) is 0.926. The van der Waals surface area contributed by atoms with Crippen LogP contribution in [0.15, 0.2) is 39.4 Å². The van der Waals surface area contributed by atoms with Gasteiger partial charge in [0.05, 0.1) is 6.61 Å². The van der Waals surface area contributed by atoms with Gasteiger partial charge in [-0.2, -0.15) is 0 Å². The van der Waals surface area contributed by atoms with Gasteiger partial charge in [-0.3, -0.25) is 0 Å². The minimum atomic E-state index is -0.783. The van der Waals surface area contributed by atoms with E-state index in [2.05, 4.69) is 15.9 Å². The summed E-state index contributed by atoms with van der Waals surface area (Å²) in [7, 11) is 0. The van der Waals surface area contributed by atoms with Gasteiger partial charge >= 0.3 is 0 Å². The summed E-state index contributed by atoms with van der Waals surface area (Å²) in [6, 6.07) is 9.34. The summed E-state index contributed by atoms with van der Waals surface area (Å²) in [6.45, 7) is 0.681. The van der Waals surface area contributed by atoms with E-state index in [0.717, 1.165) is 23.3 Å². The lowest BCUT2D eigenvalue weighted by Gasteiger charge is -2.12. The molecule has 1 aliphatic heterocycles. The van der Waals surface area contributed by atoms with E-state index in [1.54, 1.807) is 12.1 Å². The Morgan fingerprint density at radius 2 is 2.12 bits per heavy atom. The van der Waals surface area contributed by atoms with Crippen molar-refractivity contribution in [1.29, 1.82) is 0 Å². The zero-order valence-corrected chi connectivity index (χ0v) is 10.6. The number of hydrogen-bond acceptors (Lipinski definition) is 3. The standard InChI is InChI=1S/C13H11BrO3/c14-11-5-4-10(17-11)12(15)9-3-1-2-8-6-7-16-13(8)9/h1-5,12,15H,6-7H2. The number of ether oxygens (including phenoxy) is 1. The van der Waals surface area contributed by atoms with Crippen LogP contribution < -0.4 is 4.74 Å². The first kappa shape index (κ1) is 10.9. The molecule has 0 radical (unpaired) electrons. The summed E-state index contributed by atoms with van der Waals surface area (Å²) >= 11 is 3.23. The van der Waals surface area contributed by atoms with Gasteiger partial charge in [0.25, 0.3) is 0 Å². The molecule has 0 saturated carbocycles. The van der Waals surface area contributed by atoms with Gasteiger partial charge in [0.15, 0.2) is 4.67 Å². The molecular formula is C13H11BrO3. The van der Waals surface area contributed by atoms with Crippen molar-refractivity contribution in [2.45, 2.75) is 12.5 Å². The maximum atomic E-state index is 10.3. The Kier molecular flexibility index (Phi) is 2.68. The smallest absolute Gasteiger partial charge is 0.169 e. The molecule has 1 atom stereocenters. The molecule has 1 aromatic heterocycles. The fraction of sp³-hybridized carbons (Fsp3) is 0.231. The van der Waals surface area contributed by atoms with Crippen molar-refractivity contribution in [3.05, 3.63) is 51.9 Å². The Bertz CT molecular complexity index is 547. The fourth-order valence-corrected chi connectivity index (χ4v) is 2.40. The van der Waals surface area contributed by atoms with Gasteiger partial charge in [-0.05, 0) is 33.6 Å². The highest BCUT2D eigenvalue weighted by Crippen LogP contribution is 2.36. The van der Waals surface area contributed by atoms with Crippen molar-refractivity contribution >= 4 is 15.9 Å². The lowest BCUT2D eigenvalue weighted by Crippen LogP contribution is -2.00. The molecule has 17 heavy (non-hydrogen) atoms. The van der Waals surface area contributed by atoms with Gasteiger partial charge in [0.2, 0.25) is 0 Å². The Morgan fingerprint density at radius 3 is 2.88 bits per heavy atom. The molecule has 1 aliphatic rings. The minimum Gasteiger partial charge on any atom is -0.493 e. The largest absolute Gasteiger partial charge is 0.493 e. The zero-order chi connectivity index (χ0) is 11.8. The van der Waals surface area contributed by atoms with E-state index >= 15 is 0 Å². The van der Waals surface area contributed by atoms with E-state index in [1.807, 2.05) is 18.2 Å². The fourth-order valence-electron chi connectivity index (χ4n) is 2.08. The van der Waals surface area contributed by atoms with Gasteiger partial charge in [0.1, 0.15) is 17.6 Å². The maximum absolute atomic E-state index is 10.3. The molecule has 88 valence electrons. The molecule has 2 heterocycles. The lowest BCUT2D eigenvalue weighted by molar-refractivity contribution is 0.183. The van der Waals surface area contributed by atoms with Crippen LogP contribution in [0.1, 0.15) is 23.0 Å². The van der Waals surface area contributed by atoms with Crippen LogP contribution in [0, 0.1) is 0 Å². The molecule has 0 saturated heterocycles. The van der Waals surface area contributed by atoms with Gasteiger partial charge in [-0.15, -0.1) is 0 Å². The molecule has 3 rings (SSSR count). The molecule has 2 aromatic rings. The SMILES string of the molecule is OC(c1ccc(Br)o1)c1cccc2c1OCC2. The number of benzene rings is 1. The maximum Gasteiger partial charge on any atom is 0.169 e. The predicted octanol–water partition coefficient (Wildman–Crippen LogP) is 3.06. The highest BCUT2D eigenvalue weighted by molar-refractivity contribution is 9.10. The zero-order valence-electron chi connectivity index (χ0n) is 9.02. The third-order valence-electron chi connectivity index (χ3n) is 2.90. The first-order valence-electron chi connectivity index (χ1n) is 5.43. The molecule has 0 amide bonds. The van der Waals surface area contributed by atoms with Gasteiger partial charge in [-0.1, -0.05) is 18.2 Å². The molecule has 3 nitrogen and oxygen atoms in total. The third kappa shape index (κ3) is 1.87. The Morgan fingerprint density at radius 1 is 1.24 bits per heavy atom. The summed E-state index contributed by atoms with van der Waals surface area (Å²) in [5, 5.41) is 10.3. The number of hydrogen-bond donors (Lipinski definition) is 1. The van der Waals surface area contributed by atoms with Crippen LogP contribution in [0.3, 0.4) is 0 Å². The van der Waals surface area contributed by atoms with E-state index in [0.29, 0.717) is 17.0 Å². The lowest BCUT2D eigenvalue weighted by atomic mass is 10.0. The monoisotopic (exact) mass is 294 g/mol. The molecule has 0 spiro atoms. The highest BCUT2D eigenvalue weighted by Gasteiger charge is 2.23. The summed E-state index contributed by atoms with van der Waals surface area (Å²) in [4.78, 5) is 0. The average Bonchev–Trinajstić information content (AvgIpc) is 2.95. The predicted molar refractivity (Wildman–Crippen MR) is 66.1 cm³/mol. The number of halogens is 1. The van der Waals surface area contributed by atoms with Crippen LogP contribution in [0.25, 0.3) is 0 Å². The van der Waals surface area contributed by atoms with Gasteiger partial charge in [0, 0.05) is 12.0 Å². The van der Waals surface area contributed by atoms with E-state index in [9.17, 15) is 5.11 Å². The molecule has 1 aromatic carbocycles. The second kappa shape index (κ2) is 4.20. The first-order chi connectivity index (χ1) is 8.25. The third-order valence-corrected chi connectivity index (χ3v) is 3.33. The molecule has 1 unspecified atom stereocenters. The summed E-state index contributed by atoms with van der Waals surface area (Å²) in [6.07, 6.45) is 0.118. The number of para-hydroxylation sites is 1. The van der Waals surface area contributed by atoms with Crippen molar-refractivity contribution in [1.82, 2.24) is 0 Å². The Labute approximate surface area is 107 Å². The number of aliphatic hydroxyl groups is 1. The normalized spacial score (nSPS) is 15.4. The number of rotatable bonds is 2. The van der Waals surface area contributed by atoms with Gasteiger partial charge < -0.3 is 14.3 Å². The molecular weight excluding hydrogens is 284 g/mol. The van der Waals surface area contributed by atoms with E-state index in [-0.39, 0.29) is 0 Å². The number of fused-ring (bicyclic) bond motifs is 1. The van der Waals surface area contributed by atoms with Crippen molar-refractivity contribution < 1.29 is 14.3 Å². The number of furan rings is 1. The van der Waals surface area contributed by atoms with Crippen molar-refractivity contribution in [2.75, 3.05) is 6.61 Å². The van der Waals surface area contributed by atoms with Gasteiger partial charge in [-0.25, -0.2) is 0 Å². The highest BCUT2D eigenvalue weighted by atomic mass is 79.9. The second-order valence-electron chi connectivity index (χ2n) is 3.98. The summed E-state index contributed by atoms with van der Waals surface area (Å²) in [5.74, 6) is 1.31. The van der Waals surface area contributed by atoms with E-state index < -0.39 is 6.10 Å². The molecule has 1 N–H and O–H groups in total. The van der Waals surface area contributed by atoms with Crippen LogP contribution in [-0.2, 0) is 6.42 Å². The van der Waals surface area contributed by atoms with Crippen LogP contribution in [0.4, 0.5) is 0 Å². The Hall–Kier alpha value is -1.26. The summed E-state index contributed by atoms with van der Waals surface area (Å²) in [5.41, 5.74) is 1.91. The topological polar surface area (TPSA) is 42.6 Å². The first-order valence-corrected chi connectivity index (χ1v) is 6.23. The second-order valence-corrected chi connectivity index (χ2v) is 4.76. The van der Waals surface area contributed by atoms with Crippen molar-refractivity contribution in [2.24, 2.45) is 0 Å². The van der Waals surface area contributed by atoms with E-state index in [1.165, 1.54) is 0 Å². The van der Waals surface area contributed by atoms with Crippen LogP contribution in [-0.4, -0.2) is 11.7 Å². The van der Waals surface area contributed by atoms with Crippen LogP contribution in [0.2, 0.25) is 0 Å². The number of aliphatic hydroxyl groups excluding tert-OH is 1. The van der Waals surface area contributed by atoms with Crippen LogP contribution in [0.5, 0.6) is 5.75 Å². The molecule has 0 fully saturated rings. The van der Waals surface area contributed by atoms with E-state index in [4.69, 9.17) is 9.15 Å². The summed E-state index contributed by atoms with van der Waals surface area (Å²) < 4.78 is 11.5. The minimum absolute atomic E-state index is 0.515. The van der Waals surface area contributed by atoms with Crippen LogP contribution >= 0.6 is 15.9 Å².